The quantitative estimate of drug-likeness (QED) is 0.255. The van der Waals surface area contributed by atoms with Crippen molar-refractivity contribution in [2.24, 2.45) is 0 Å². The van der Waals surface area contributed by atoms with Gasteiger partial charge >= 0.3 is 0 Å². The van der Waals surface area contributed by atoms with Gasteiger partial charge in [0.15, 0.2) is 5.76 Å². The molecule has 0 unspecified atom stereocenters. The molecule has 0 spiro atoms. The molecule has 2 aromatic carbocycles. The Kier molecular flexibility index (Phi) is 6.96. The Hall–Kier alpha value is -3.51. The first-order chi connectivity index (χ1) is 16.8. The van der Waals surface area contributed by atoms with E-state index in [-0.39, 0.29) is 11.7 Å². The molecule has 5 rings (SSSR count). The summed E-state index contributed by atoms with van der Waals surface area (Å²) in [6, 6.07) is 23.7. The first kappa shape index (κ1) is 22.3. The van der Waals surface area contributed by atoms with Crippen molar-refractivity contribution in [1.29, 1.82) is 0 Å². The first-order valence-corrected chi connectivity index (χ1v) is 12.5. The number of aromatic nitrogens is 1. The maximum absolute atomic E-state index is 13.3. The Morgan fingerprint density at radius 3 is 2.38 bits per heavy atom. The van der Waals surface area contributed by atoms with E-state index in [9.17, 15) is 4.79 Å². The number of allylic oxidation sites excluding steroid dienone is 2. The van der Waals surface area contributed by atoms with Crippen LogP contribution in [0, 0.1) is 0 Å². The number of carbonyl (C=O) groups excluding carboxylic acids is 1. The van der Waals surface area contributed by atoms with E-state index in [1.807, 2.05) is 77.7 Å². The summed E-state index contributed by atoms with van der Waals surface area (Å²) < 4.78 is 11.7. The monoisotopic (exact) mass is 470 g/mol. The highest BCUT2D eigenvalue weighted by atomic mass is 32.2. The lowest BCUT2D eigenvalue weighted by Crippen LogP contribution is -2.32. The number of carbonyl (C=O) groups is 1. The lowest BCUT2D eigenvalue weighted by molar-refractivity contribution is -0.127. The van der Waals surface area contributed by atoms with Gasteiger partial charge < -0.3 is 13.7 Å². The largest absolute Gasteiger partial charge is 0.467 e. The van der Waals surface area contributed by atoms with Crippen LogP contribution in [0.15, 0.2) is 105 Å². The van der Waals surface area contributed by atoms with E-state index in [0.29, 0.717) is 17.5 Å². The fourth-order valence-corrected chi connectivity index (χ4v) is 4.82. The Morgan fingerprint density at radius 1 is 0.941 bits per heavy atom. The predicted octanol–water partition coefficient (Wildman–Crippen LogP) is 7.18. The van der Waals surface area contributed by atoms with Crippen molar-refractivity contribution in [1.82, 2.24) is 9.88 Å². The summed E-state index contributed by atoms with van der Waals surface area (Å²) in [4.78, 5) is 19.9. The molecule has 1 aliphatic rings. The van der Waals surface area contributed by atoms with E-state index < -0.39 is 0 Å². The van der Waals surface area contributed by atoms with E-state index in [1.54, 1.807) is 6.26 Å². The van der Waals surface area contributed by atoms with Gasteiger partial charge in [-0.1, -0.05) is 78.5 Å². The standard InChI is InChI=1S/C28H26N2O3S/c31-25(30(19-24-17-10-18-32-24)23-15-8-3-9-16-23)20-34-28-29-26(21-11-4-1-5-12-21)27(33-28)22-13-6-2-7-14-22/h1-2,4-7,10-15,17-18H,3,8-9,16,19-20H2. The van der Waals surface area contributed by atoms with Gasteiger partial charge in [0.25, 0.3) is 5.22 Å². The van der Waals surface area contributed by atoms with Gasteiger partial charge in [-0.05, 0) is 37.8 Å². The molecular formula is C28H26N2O3S. The zero-order chi connectivity index (χ0) is 23.2. The number of furan rings is 1. The van der Waals surface area contributed by atoms with Gasteiger partial charge in [-0.25, -0.2) is 4.98 Å². The van der Waals surface area contributed by atoms with Gasteiger partial charge in [-0.3, -0.25) is 4.79 Å². The van der Waals surface area contributed by atoms with Crippen LogP contribution in [0.3, 0.4) is 0 Å². The van der Waals surface area contributed by atoms with E-state index in [1.165, 1.54) is 18.2 Å². The minimum atomic E-state index is 0.0234. The van der Waals surface area contributed by atoms with Gasteiger partial charge in [0.05, 0.1) is 18.6 Å². The van der Waals surface area contributed by atoms with Crippen LogP contribution in [0.25, 0.3) is 22.6 Å². The fraction of sp³-hybridized carbons (Fsp3) is 0.214. The molecule has 1 aliphatic carbocycles. The minimum Gasteiger partial charge on any atom is -0.467 e. The normalized spacial score (nSPS) is 13.5. The van der Waals surface area contributed by atoms with E-state index >= 15 is 0 Å². The van der Waals surface area contributed by atoms with Crippen molar-refractivity contribution in [3.63, 3.8) is 0 Å². The SMILES string of the molecule is O=C(CSc1nc(-c2ccccc2)c(-c2ccccc2)o1)N(Cc1ccco1)C1=CCCCC1. The molecule has 0 saturated heterocycles. The lowest BCUT2D eigenvalue weighted by Gasteiger charge is -2.26. The van der Waals surface area contributed by atoms with Gasteiger partial charge in [0, 0.05) is 16.8 Å². The molecule has 0 atom stereocenters. The summed E-state index contributed by atoms with van der Waals surface area (Å²) in [6.45, 7) is 0.439. The zero-order valence-corrected chi connectivity index (χ0v) is 19.7. The molecule has 2 heterocycles. The van der Waals surface area contributed by atoms with Gasteiger partial charge in [0.2, 0.25) is 5.91 Å². The number of nitrogens with zero attached hydrogens (tertiary/aromatic N) is 2. The van der Waals surface area contributed by atoms with Crippen molar-refractivity contribution >= 4 is 17.7 Å². The number of hydrogen-bond acceptors (Lipinski definition) is 5. The Balaban J connectivity index is 1.37. The molecule has 5 nitrogen and oxygen atoms in total. The van der Waals surface area contributed by atoms with Crippen molar-refractivity contribution in [2.45, 2.75) is 37.5 Å². The molecule has 34 heavy (non-hydrogen) atoms. The number of thioether (sulfide) groups is 1. The second-order valence-corrected chi connectivity index (χ2v) is 9.11. The Morgan fingerprint density at radius 2 is 1.71 bits per heavy atom. The van der Waals surface area contributed by atoms with Gasteiger partial charge in [-0.15, -0.1) is 0 Å². The molecule has 0 N–H and O–H groups in total. The average Bonchev–Trinajstić information content (AvgIpc) is 3.58. The van der Waals surface area contributed by atoms with Crippen LogP contribution >= 0.6 is 11.8 Å². The third-order valence-electron chi connectivity index (χ3n) is 5.82. The lowest BCUT2D eigenvalue weighted by atomic mass is 10.0. The van der Waals surface area contributed by atoms with Crippen LogP contribution < -0.4 is 0 Å². The number of oxazole rings is 1. The smallest absolute Gasteiger partial charge is 0.257 e. The summed E-state index contributed by atoms with van der Waals surface area (Å²) in [5.74, 6) is 1.75. The number of hydrogen-bond donors (Lipinski definition) is 0. The predicted molar refractivity (Wildman–Crippen MR) is 134 cm³/mol. The average molecular weight is 471 g/mol. The van der Waals surface area contributed by atoms with E-state index in [0.717, 1.165) is 47.5 Å². The summed E-state index contributed by atoms with van der Waals surface area (Å²) in [6.07, 6.45) is 8.01. The van der Waals surface area contributed by atoms with Crippen LogP contribution in [0.5, 0.6) is 0 Å². The Bertz CT molecular complexity index is 1190. The number of benzene rings is 2. The molecule has 0 saturated carbocycles. The van der Waals surface area contributed by atoms with E-state index in [2.05, 4.69) is 6.08 Å². The molecule has 0 bridgehead atoms. The molecule has 0 fully saturated rings. The highest BCUT2D eigenvalue weighted by Gasteiger charge is 2.23. The molecule has 172 valence electrons. The van der Waals surface area contributed by atoms with Crippen LogP contribution in [0.4, 0.5) is 0 Å². The third kappa shape index (κ3) is 5.18. The van der Waals surface area contributed by atoms with Crippen LogP contribution in [0.2, 0.25) is 0 Å². The molecule has 4 aromatic rings. The van der Waals surface area contributed by atoms with Crippen molar-refractivity contribution in [2.75, 3.05) is 5.75 Å². The molecule has 1 amide bonds. The van der Waals surface area contributed by atoms with Gasteiger partial charge in [0.1, 0.15) is 11.5 Å². The second kappa shape index (κ2) is 10.6. The minimum absolute atomic E-state index is 0.0234. The van der Waals surface area contributed by atoms with Crippen LogP contribution in [-0.4, -0.2) is 21.5 Å². The maximum atomic E-state index is 13.3. The van der Waals surface area contributed by atoms with Crippen molar-refractivity contribution in [3.05, 3.63) is 96.6 Å². The summed E-state index contributed by atoms with van der Waals surface area (Å²) in [5, 5.41) is 0.488. The van der Waals surface area contributed by atoms with Crippen molar-refractivity contribution < 1.29 is 13.6 Å². The highest BCUT2D eigenvalue weighted by Crippen LogP contribution is 2.36. The van der Waals surface area contributed by atoms with Crippen LogP contribution in [-0.2, 0) is 11.3 Å². The molecular weight excluding hydrogens is 444 g/mol. The third-order valence-corrected chi connectivity index (χ3v) is 6.63. The molecule has 0 aliphatic heterocycles. The fourth-order valence-electron chi connectivity index (χ4n) is 4.12. The number of amides is 1. The molecule has 0 radical (unpaired) electrons. The molecule has 6 heteroatoms. The second-order valence-electron chi connectivity index (χ2n) is 8.18. The zero-order valence-electron chi connectivity index (χ0n) is 18.9. The topological polar surface area (TPSA) is 59.5 Å². The molecule has 2 aromatic heterocycles. The summed E-state index contributed by atoms with van der Waals surface area (Å²) >= 11 is 1.33. The Labute approximate surface area is 203 Å². The summed E-state index contributed by atoms with van der Waals surface area (Å²) in [7, 11) is 0. The van der Waals surface area contributed by atoms with E-state index in [4.69, 9.17) is 13.8 Å². The summed E-state index contributed by atoms with van der Waals surface area (Å²) in [5.41, 5.74) is 3.80. The van der Waals surface area contributed by atoms with Gasteiger partial charge in [-0.2, -0.15) is 0 Å². The maximum Gasteiger partial charge on any atom is 0.257 e. The van der Waals surface area contributed by atoms with Crippen molar-refractivity contribution in [3.8, 4) is 22.6 Å². The number of rotatable bonds is 8. The van der Waals surface area contributed by atoms with Crippen LogP contribution in [0.1, 0.15) is 31.4 Å². The highest BCUT2D eigenvalue weighted by molar-refractivity contribution is 7.99. The first-order valence-electron chi connectivity index (χ1n) is 11.5.